The van der Waals surface area contributed by atoms with Crippen LogP contribution in [-0.4, -0.2) is 31.1 Å². The Kier molecular flexibility index (Phi) is 3.17. The first kappa shape index (κ1) is 11.2. The second-order valence-electron chi connectivity index (χ2n) is 5.65. The Morgan fingerprint density at radius 1 is 1.29 bits per heavy atom. The summed E-state index contributed by atoms with van der Waals surface area (Å²) in [6, 6.07) is 9.97. The lowest BCUT2D eigenvalue weighted by molar-refractivity contribution is 0.411. The summed E-state index contributed by atoms with van der Waals surface area (Å²) in [5.41, 5.74) is 2.98. The molecule has 1 saturated heterocycles. The number of likely N-dealkylation sites (tertiary alicyclic amines) is 1. The van der Waals surface area contributed by atoms with E-state index in [1.54, 1.807) is 0 Å². The number of nitrogens with zero attached hydrogens (tertiary/aromatic N) is 1. The molecule has 2 fully saturated rings. The van der Waals surface area contributed by atoms with E-state index in [0.717, 1.165) is 18.5 Å². The molecule has 0 radical (unpaired) electrons. The van der Waals surface area contributed by atoms with Gasteiger partial charge in [0.05, 0.1) is 0 Å². The van der Waals surface area contributed by atoms with Gasteiger partial charge >= 0.3 is 0 Å². The number of hydrogen-bond donors (Lipinski definition) is 1. The molecule has 1 atom stereocenters. The van der Waals surface area contributed by atoms with Gasteiger partial charge in [0.25, 0.3) is 0 Å². The van der Waals surface area contributed by atoms with Gasteiger partial charge in [-0.25, -0.2) is 0 Å². The van der Waals surface area contributed by atoms with Crippen LogP contribution >= 0.6 is 0 Å². The normalized spacial score (nSPS) is 25.4. The summed E-state index contributed by atoms with van der Waals surface area (Å²) in [4.78, 5) is 2.43. The van der Waals surface area contributed by atoms with Crippen molar-refractivity contribution in [3.8, 4) is 0 Å². The van der Waals surface area contributed by atoms with E-state index < -0.39 is 0 Å². The third kappa shape index (κ3) is 2.88. The highest BCUT2D eigenvalue weighted by Gasteiger charge is 2.22. The van der Waals surface area contributed by atoms with Crippen molar-refractivity contribution in [3.05, 3.63) is 35.4 Å². The van der Waals surface area contributed by atoms with Crippen LogP contribution in [0.4, 0.5) is 0 Å². The summed E-state index contributed by atoms with van der Waals surface area (Å²) in [6.07, 6.45) is 4.05. The molecule has 0 aromatic heterocycles. The van der Waals surface area contributed by atoms with E-state index in [9.17, 15) is 0 Å². The predicted octanol–water partition coefficient (Wildman–Crippen LogP) is 2.36. The molecule has 1 heterocycles. The number of nitrogens with one attached hydrogen (secondary N) is 1. The molecule has 92 valence electrons. The van der Waals surface area contributed by atoms with Crippen molar-refractivity contribution in [1.82, 2.24) is 10.2 Å². The third-order valence-corrected chi connectivity index (χ3v) is 3.99. The molecule has 1 N–H and O–H groups in total. The maximum atomic E-state index is 3.59. The van der Waals surface area contributed by atoms with Gasteiger partial charge in [0, 0.05) is 19.1 Å². The highest BCUT2D eigenvalue weighted by molar-refractivity contribution is 5.27. The van der Waals surface area contributed by atoms with Crippen molar-refractivity contribution in [2.24, 2.45) is 0 Å². The molecular formula is C15H22N2. The predicted molar refractivity (Wildman–Crippen MR) is 71.2 cm³/mol. The van der Waals surface area contributed by atoms with Crippen LogP contribution < -0.4 is 5.32 Å². The molecule has 1 aliphatic heterocycles. The van der Waals surface area contributed by atoms with Crippen LogP contribution in [0.25, 0.3) is 0 Å². The zero-order chi connectivity index (χ0) is 11.7. The zero-order valence-electron chi connectivity index (χ0n) is 10.7. The van der Waals surface area contributed by atoms with Crippen molar-refractivity contribution in [1.29, 1.82) is 0 Å². The van der Waals surface area contributed by atoms with Crippen LogP contribution in [-0.2, 0) is 6.54 Å². The van der Waals surface area contributed by atoms with Crippen LogP contribution in [0.1, 0.15) is 36.3 Å². The third-order valence-electron chi connectivity index (χ3n) is 3.99. The maximum absolute atomic E-state index is 3.59. The lowest BCUT2D eigenvalue weighted by Crippen LogP contribution is -2.16. The number of likely N-dealkylation sites (N-methyl/N-ethyl adjacent to an activating group) is 1. The molecule has 0 bridgehead atoms. The molecule has 1 saturated carbocycles. The van der Waals surface area contributed by atoms with E-state index in [1.807, 2.05) is 0 Å². The Hall–Kier alpha value is -0.860. The first-order valence-electron chi connectivity index (χ1n) is 6.82. The highest BCUT2D eigenvalue weighted by atomic mass is 15.1. The van der Waals surface area contributed by atoms with Gasteiger partial charge < -0.3 is 10.2 Å². The average molecular weight is 230 g/mol. The van der Waals surface area contributed by atoms with E-state index in [0.29, 0.717) is 0 Å². The Bertz CT molecular complexity index is 384. The molecule has 0 amide bonds. The lowest BCUT2D eigenvalue weighted by atomic mass is 9.96. The minimum Gasteiger partial charge on any atom is -0.310 e. The number of benzene rings is 1. The molecule has 1 aromatic rings. The fourth-order valence-corrected chi connectivity index (χ4v) is 2.71. The van der Waals surface area contributed by atoms with E-state index >= 15 is 0 Å². The van der Waals surface area contributed by atoms with Gasteiger partial charge in [0.15, 0.2) is 0 Å². The first-order chi connectivity index (χ1) is 8.31. The van der Waals surface area contributed by atoms with Crippen molar-refractivity contribution < 1.29 is 0 Å². The summed E-state index contributed by atoms with van der Waals surface area (Å²) >= 11 is 0. The summed E-state index contributed by atoms with van der Waals surface area (Å²) in [5.74, 6) is 0.751. The first-order valence-corrected chi connectivity index (χ1v) is 6.82. The van der Waals surface area contributed by atoms with Crippen molar-refractivity contribution in [3.63, 3.8) is 0 Å². The van der Waals surface area contributed by atoms with Gasteiger partial charge in [-0.2, -0.15) is 0 Å². The van der Waals surface area contributed by atoms with E-state index in [4.69, 9.17) is 0 Å². The summed E-state index contributed by atoms with van der Waals surface area (Å²) in [5, 5.41) is 3.59. The topological polar surface area (TPSA) is 15.3 Å². The minimum atomic E-state index is 0.751. The van der Waals surface area contributed by atoms with E-state index in [2.05, 4.69) is 41.5 Å². The van der Waals surface area contributed by atoms with Gasteiger partial charge in [-0.15, -0.1) is 0 Å². The zero-order valence-corrected chi connectivity index (χ0v) is 10.7. The van der Waals surface area contributed by atoms with Gasteiger partial charge in [-0.05, 0) is 49.9 Å². The van der Waals surface area contributed by atoms with Crippen LogP contribution in [0.5, 0.6) is 0 Å². The fraction of sp³-hybridized carbons (Fsp3) is 0.600. The Morgan fingerprint density at radius 2 is 2.18 bits per heavy atom. The molecule has 1 aromatic carbocycles. The Morgan fingerprint density at radius 3 is 2.88 bits per heavy atom. The summed E-state index contributed by atoms with van der Waals surface area (Å²) in [6.45, 7) is 3.51. The quantitative estimate of drug-likeness (QED) is 0.854. The maximum Gasteiger partial charge on any atom is 0.0208 e. The second kappa shape index (κ2) is 4.79. The van der Waals surface area contributed by atoms with Crippen molar-refractivity contribution >= 4 is 0 Å². The Labute approximate surface area is 104 Å². The fourth-order valence-electron chi connectivity index (χ4n) is 2.71. The summed E-state index contributed by atoms with van der Waals surface area (Å²) in [7, 11) is 2.22. The van der Waals surface area contributed by atoms with Crippen molar-refractivity contribution in [2.45, 2.75) is 37.8 Å². The highest BCUT2D eigenvalue weighted by Crippen LogP contribution is 2.27. The van der Waals surface area contributed by atoms with Crippen LogP contribution in [0.15, 0.2) is 24.3 Å². The SMILES string of the molecule is CN1CCC(c2cccc(CNC3CC3)c2)C1. The Balaban J connectivity index is 1.65. The van der Waals surface area contributed by atoms with Crippen LogP contribution in [0, 0.1) is 0 Å². The standard InChI is InChI=1S/C15H22N2/c1-17-8-7-14(11-17)13-4-2-3-12(9-13)10-16-15-5-6-15/h2-4,9,14-16H,5-8,10-11H2,1H3. The minimum absolute atomic E-state index is 0.751. The second-order valence-corrected chi connectivity index (χ2v) is 5.65. The van der Waals surface area contributed by atoms with Gasteiger partial charge in [-0.1, -0.05) is 24.3 Å². The lowest BCUT2D eigenvalue weighted by Gasteiger charge is -2.12. The van der Waals surface area contributed by atoms with Gasteiger partial charge in [0.1, 0.15) is 0 Å². The van der Waals surface area contributed by atoms with Crippen LogP contribution in [0.2, 0.25) is 0 Å². The smallest absolute Gasteiger partial charge is 0.0208 e. The van der Waals surface area contributed by atoms with Gasteiger partial charge in [-0.3, -0.25) is 0 Å². The van der Waals surface area contributed by atoms with Crippen LogP contribution in [0.3, 0.4) is 0 Å². The van der Waals surface area contributed by atoms with Crippen molar-refractivity contribution in [2.75, 3.05) is 20.1 Å². The molecule has 2 nitrogen and oxygen atoms in total. The molecule has 2 heteroatoms. The van der Waals surface area contributed by atoms with E-state index in [-0.39, 0.29) is 0 Å². The molecule has 2 aliphatic rings. The molecule has 3 rings (SSSR count). The average Bonchev–Trinajstić information content (AvgIpc) is 3.08. The van der Waals surface area contributed by atoms with E-state index in [1.165, 1.54) is 43.5 Å². The molecule has 1 aliphatic carbocycles. The number of hydrogen-bond acceptors (Lipinski definition) is 2. The van der Waals surface area contributed by atoms with Gasteiger partial charge in [0.2, 0.25) is 0 Å². The molecule has 17 heavy (non-hydrogen) atoms. The molecular weight excluding hydrogens is 208 g/mol. The largest absolute Gasteiger partial charge is 0.310 e. The molecule has 0 spiro atoms. The summed E-state index contributed by atoms with van der Waals surface area (Å²) < 4.78 is 0. The number of rotatable bonds is 4. The monoisotopic (exact) mass is 230 g/mol. The molecule has 1 unspecified atom stereocenters.